The van der Waals surface area contributed by atoms with Gasteiger partial charge in [-0.3, -0.25) is 4.79 Å². The van der Waals surface area contributed by atoms with Crippen LogP contribution in [-0.2, 0) is 4.74 Å². The number of rotatable bonds is 6. The molecular weight excluding hydrogens is 359 g/mol. The van der Waals surface area contributed by atoms with Gasteiger partial charge in [0.1, 0.15) is 9.39 Å². The van der Waals surface area contributed by atoms with Crippen LogP contribution in [0.2, 0.25) is 0 Å². The van der Waals surface area contributed by atoms with Crippen molar-refractivity contribution in [1.29, 1.82) is 0 Å². The second-order valence-corrected chi connectivity index (χ2v) is 5.68. The molecule has 1 saturated heterocycles. The fourth-order valence-corrected chi connectivity index (χ4v) is 2.89. The van der Waals surface area contributed by atoms with Gasteiger partial charge in [-0.25, -0.2) is 4.98 Å². The van der Waals surface area contributed by atoms with Crippen molar-refractivity contribution >= 4 is 28.4 Å². The first-order valence-electron chi connectivity index (χ1n) is 6.43. The lowest BCUT2D eigenvalue weighted by molar-refractivity contribution is 0.204. The zero-order valence-electron chi connectivity index (χ0n) is 11.0. The summed E-state index contributed by atoms with van der Waals surface area (Å²) >= 11 is 2.05. The molecule has 19 heavy (non-hydrogen) atoms. The van der Waals surface area contributed by atoms with Gasteiger partial charge >= 0.3 is 0 Å². The maximum absolute atomic E-state index is 11.7. The van der Waals surface area contributed by atoms with E-state index < -0.39 is 0 Å². The van der Waals surface area contributed by atoms with Crippen molar-refractivity contribution in [3.8, 4) is 0 Å². The lowest BCUT2D eigenvalue weighted by Gasteiger charge is -2.27. The van der Waals surface area contributed by atoms with Crippen molar-refractivity contribution in [3.05, 3.63) is 20.3 Å². The van der Waals surface area contributed by atoms with Crippen LogP contribution in [0, 0.1) is 3.57 Å². The highest BCUT2D eigenvalue weighted by Gasteiger charge is 2.21. The topological polar surface area (TPSA) is 70.2 Å². The Bertz CT molecular complexity index is 459. The maximum atomic E-state index is 11.7. The van der Waals surface area contributed by atoms with Gasteiger partial charge in [0, 0.05) is 26.2 Å². The molecule has 7 heteroatoms. The molecule has 1 unspecified atom stereocenters. The molecule has 1 atom stereocenters. The average Bonchev–Trinajstić information content (AvgIpc) is 2.91. The van der Waals surface area contributed by atoms with E-state index in [9.17, 15) is 4.79 Å². The molecule has 1 aromatic rings. The van der Waals surface area contributed by atoms with Gasteiger partial charge in [-0.2, -0.15) is 0 Å². The van der Waals surface area contributed by atoms with Gasteiger partial charge in [0.15, 0.2) is 0 Å². The first kappa shape index (κ1) is 14.7. The van der Waals surface area contributed by atoms with Crippen molar-refractivity contribution in [2.24, 2.45) is 0 Å². The minimum Gasteiger partial charge on any atom is -0.383 e. The molecule has 2 rings (SSSR count). The number of ether oxygens (including phenoxy) is 1. The molecule has 1 aromatic heterocycles. The van der Waals surface area contributed by atoms with Crippen LogP contribution >= 0.6 is 22.6 Å². The van der Waals surface area contributed by atoms with E-state index in [1.165, 1.54) is 19.2 Å². The molecule has 2 N–H and O–H groups in total. The summed E-state index contributed by atoms with van der Waals surface area (Å²) in [6, 6.07) is 0.466. The van der Waals surface area contributed by atoms with Gasteiger partial charge in [0.2, 0.25) is 0 Å². The number of methoxy groups -OCH3 is 1. The van der Waals surface area contributed by atoms with Crippen LogP contribution in [0.4, 0.5) is 5.82 Å². The quantitative estimate of drug-likeness (QED) is 0.709. The number of nitrogens with zero attached hydrogens (tertiary/aromatic N) is 2. The third-order valence-corrected chi connectivity index (χ3v) is 4.22. The van der Waals surface area contributed by atoms with E-state index in [0.717, 1.165) is 25.5 Å². The number of H-pyrrole nitrogens is 1. The van der Waals surface area contributed by atoms with E-state index in [1.54, 1.807) is 7.11 Å². The van der Waals surface area contributed by atoms with E-state index in [-0.39, 0.29) is 5.56 Å². The molecular formula is C12H19IN4O2. The maximum Gasteiger partial charge on any atom is 0.266 e. The lowest BCUT2D eigenvalue weighted by Crippen LogP contribution is -2.40. The zero-order valence-corrected chi connectivity index (χ0v) is 13.1. The van der Waals surface area contributed by atoms with Crippen LogP contribution in [-0.4, -0.2) is 49.4 Å². The van der Waals surface area contributed by atoms with E-state index in [2.05, 4.69) is 20.2 Å². The van der Waals surface area contributed by atoms with Gasteiger partial charge in [-0.1, -0.05) is 0 Å². The largest absolute Gasteiger partial charge is 0.383 e. The molecule has 0 aromatic carbocycles. The summed E-state index contributed by atoms with van der Waals surface area (Å²) in [7, 11) is 1.68. The van der Waals surface area contributed by atoms with Crippen molar-refractivity contribution < 1.29 is 4.74 Å². The number of anilines is 1. The summed E-state index contributed by atoms with van der Waals surface area (Å²) in [5, 5.41) is 3.47. The molecule has 0 saturated carbocycles. The number of hydrogen-bond donors (Lipinski definition) is 2. The fraction of sp³-hybridized carbons (Fsp3) is 0.667. The number of aromatic amines is 1. The Morgan fingerprint density at radius 1 is 1.63 bits per heavy atom. The van der Waals surface area contributed by atoms with Gasteiger partial charge in [0.05, 0.1) is 12.9 Å². The van der Waals surface area contributed by atoms with Gasteiger partial charge < -0.3 is 19.9 Å². The molecule has 2 heterocycles. The third kappa shape index (κ3) is 3.90. The summed E-state index contributed by atoms with van der Waals surface area (Å²) in [5.41, 5.74) is -0.0904. The number of nitrogens with one attached hydrogen (secondary N) is 2. The second-order valence-electron chi connectivity index (χ2n) is 4.60. The van der Waals surface area contributed by atoms with E-state index >= 15 is 0 Å². The first-order valence-corrected chi connectivity index (χ1v) is 7.50. The molecule has 1 fully saturated rings. The Morgan fingerprint density at radius 2 is 2.47 bits per heavy atom. The van der Waals surface area contributed by atoms with Crippen LogP contribution in [0.25, 0.3) is 0 Å². The second kappa shape index (κ2) is 7.20. The van der Waals surface area contributed by atoms with Crippen molar-refractivity contribution in [3.63, 3.8) is 0 Å². The molecule has 1 aliphatic heterocycles. The minimum atomic E-state index is -0.0904. The monoisotopic (exact) mass is 378 g/mol. The summed E-state index contributed by atoms with van der Waals surface area (Å²) in [5.74, 6) is 0.745. The smallest absolute Gasteiger partial charge is 0.266 e. The standard InChI is InChI=1S/C12H19IN4O2/c1-19-6-5-17(7-9-3-2-4-14-9)11-10(13)12(18)16-8-15-11/h8-9,14H,2-7H2,1H3,(H,15,16,18). The van der Waals surface area contributed by atoms with Crippen molar-refractivity contribution in [2.75, 3.05) is 38.3 Å². The normalized spacial score (nSPS) is 18.7. The molecule has 6 nitrogen and oxygen atoms in total. The summed E-state index contributed by atoms with van der Waals surface area (Å²) < 4.78 is 5.78. The Balaban J connectivity index is 2.15. The van der Waals surface area contributed by atoms with Gasteiger partial charge in [0.25, 0.3) is 5.56 Å². The van der Waals surface area contributed by atoms with E-state index in [1.807, 2.05) is 22.6 Å². The Kier molecular flexibility index (Phi) is 5.59. The highest BCUT2D eigenvalue weighted by atomic mass is 127. The Morgan fingerprint density at radius 3 is 3.16 bits per heavy atom. The van der Waals surface area contributed by atoms with Crippen LogP contribution in [0.3, 0.4) is 0 Å². The first-order chi connectivity index (χ1) is 9.22. The minimum absolute atomic E-state index is 0.0904. The van der Waals surface area contributed by atoms with Crippen LogP contribution in [0.1, 0.15) is 12.8 Å². The molecule has 0 spiro atoms. The summed E-state index contributed by atoms with van der Waals surface area (Å²) in [6.07, 6.45) is 3.84. The van der Waals surface area contributed by atoms with Crippen LogP contribution in [0.15, 0.2) is 11.1 Å². The highest BCUT2D eigenvalue weighted by Crippen LogP contribution is 2.17. The molecule has 0 bridgehead atoms. The van der Waals surface area contributed by atoms with Gasteiger partial charge in [-0.15, -0.1) is 0 Å². The number of halogens is 1. The van der Waals surface area contributed by atoms with Crippen molar-refractivity contribution in [1.82, 2.24) is 15.3 Å². The molecule has 0 aliphatic carbocycles. The molecule has 106 valence electrons. The highest BCUT2D eigenvalue weighted by molar-refractivity contribution is 14.1. The Hall–Kier alpha value is -0.670. The van der Waals surface area contributed by atoms with Crippen LogP contribution < -0.4 is 15.8 Å². The van der Waals surface area contributed by atoms with E-state index in [0.29, 0.717) is 16.2 Å². The Labute approximate surface area is 126 Å². The summed E-state index contributed by atoms with van der Waals surface area (Å²) in [6.45, 7) is 3.29. The molecule has 0 amide bonds. The summed E-state index contributed by atoms with van der Waals surface area (Å²) in [4.78, 5) is 20.7. The number of hydrogen-bond acceptors (Lipinski definition) is 5. The van der Waals surface area contributed by atoms with Gasteiger partial charge in [-0.05, 0) is 42.0 Å². The van der Waals surface area contributed by atoms with Crippen molar-refractivity contribution in [2.45, 2.75) is 18.9 Å². The average molecular weight is 378 g/mol. The zero-order chi connectivity index (χ0) is 13.7. The third-order valence-electron chi connectivity index (χ3n) is 3.25. The number of aromatic nitrogens is 2. The molecule has 1 aliphatic rings. The lowest BCUT2D eigenvalue weighted by atomic mass is 10.2. The SMILES string of the molecule is COCCN(CC1CCCN1)c1nc[nH]c(=O)c1I. The fourth-order valence-electron chi connectivity index (χ4n) is 2.26. The van der Waals surface area contributed by atoms with E-state index in [4.69, 9.17) is 4.74 Å². The predicted octanol–water partition coefficient (Wildman–Crippen LogP) is 0.579. The predicted molar refractivity (Wildman–Crippen MR) is 82.7 cm³/mol. The molecule has 0 radical (unpaired) electrons. The van der Waals surface area contributed by atoms with Crippen LogP contribution in [0.5, 0.6) is 0 Å².